The molecule has 0 amide bonds. The molecule has 1 unspecified atom stereocenters. The number of aryl methyl sites for hydroxylation is 1. The van der Waals surface area contributed by atoms with Gasteiger partial charge in [0.2, 0.25) is 0 Å². The van der Waals surface area contributed by atoms with Gasteiger partial charge in [-0.2, -0.15) is 0 Å². The highest BCUT2D eigenvalue weighted by atomic mass is 32.1. The van der Waals surface area contributed by atoms with Crippen LogP contribution in [0, 0.1) is 25.2 Å². The third kappa shape index (κ3) is 3.75. The standard InChI is InChI=1S/C14H17NO4S/c1-5-6-15(8-9(2)13(16)17)12-11(14(18)19-4)7-10(3)20-12/h1,7,9H,6,8H2,2-4H3,(H,16,17). The van der Waals surface area contributed by atoms with Crippen LogP contribution in [0.1, 0.15) is 22.2 Å². The Morgan fingerprint density at radius 1 is 1.60 bits per heavy atom. The van der Waals surface area contributed by atoms with Crippen molar-refractivity contribution in [1.82, 2.24) is 0 Å². The van der Waals surface area contributed by atoms with E-state index in [2.05, 4.69) is 5.92 Å². The zero-order valence-corrected chi connectivity index (χ0v) is 12.5. The van der Waals surface area contributed by atoms with Crippen LogP contribution in [-0.2, 0) is 9.53 Å². The Morgan fingerprint density at radius 3 is 2.75 bits per heavy atom. The fraction of sp³-hybridized carbons (Fsp3) is 0.429. The average Bonchev–Trinajstić information content (AvgIpc) is 2.79. The van der Waals surface area contributed by atoms with E-state index in [9.17, 15) is 9.59 Å². The minimum absolute atomic E-state index is 0.238. The molecule has 0 spiro atoms. The van der Waals surface area contributed by atoms with Gasteiger partial charge < -0.3 is 14.7 Å². The second kappa shape index (κ2) is 6.96. The van der Waals surface area contributed by atoms with E-state index in [0.29, 0.717) is 10.6 Å². The number of carbonyl (C=O) groups excluding carboxylic acids is 1. The number of thiophene rings is 1. The number of rotatable bonds is 6. The molecule has 1 N–H and O–H groups in total. The van der Waals surface area contributed by atoms with E-state index in [-0.39, 0.29) is 13.1 Å². The normalized spacial score (nSPS) is 11.5. The van der Waals surface area contributed by atoms with Crippen LogP contribution in [0.25, 0.3) is 0 Å². The number of esters is 1. The van der Waals surface area contributed by atoms with Gasteiger partial charge in [-0.15, -0.1) is 17.8 Å². The Morgan fingerprint density at radius 2 is 2.25 bits per heavy atom. The lowest BCUT2D eigenvalue weighted by atomic mass is 10.1. The van der Waals surface area contributed by atoms with Crippen LogP contribution < -0.4 is 4.90 Å². The van der Waals surface area contributed by atoms with E-state index in [4.69, 9.17) is 16.3 Å². The van der Waals surface area contributed by atoms with Crippen LogP contribution in [-0.4, -0.2) is 37.2 Å². The molecule has 0 aromatic carbocycles. The average molecular weight is 295 g/mol. The summed E-state index contributed by atoms with van der Waals surface area (Å²) in [4.78, 5) is 25.4. The minimum Gasteiger partial charge on any atom is -0.481 e. The minimum atomic E-state index is -0.903. The fourth-order valence-corrected chi connectivity index (χ4v) is 2.73. The molecule has 0 aliphatic rings. The van der Waals surface area contributed by atoms with Crippen molar-refractivity contribution in [2.75, 3.05) is 25.1 Å². The molecule has 0 aliphatic carbocycles. The van der Waals surface area contributed by atoms with Crippen molar-refractivity contribution in [3.05, 3.63) is 16.5 Å². The lowest BCUT2D eigenvalue weighted by Gasteiger charge is -2.23. The molecule has 20 heavy (non-hydrogen) atoms. The molecule has 5 nitrogen and oxygen atoms in total. The van der Waals surface area contributed by atoms with Crippen LogP contribution in [0.3, 0.4) is 0 Å². The van der Waals surface area contributed by atoms with Gasteiger partial charge in [0.05, 0.1) is 25.1 Å². The van der Waals surface area contributed by atoms with Crippen LogP contribution in [0.2, 0.25) is 0 Å². The molecule has 6 heteroatoms. The van der Waals surface area contributed by atoms with E-state index < -0.39 is 17.9 Å². The Bertz CT molecular complexity index is 544. The largest absolute Gasteiger partial charge is 0.481 e. The highest BCUT2D eigenvalue weighted by Gasteiger charge is 2.23. The Kier molecular flexibility index (Phi) is 5.59. The predicted molar refractivity (Wildman–Crippen MR) is 78.2 cm³/mol. The molecular formula is C14H17NO4S. The molecule has 0 radical (unpaired) electrons. The number of anilines is 1. The van der Waals surface area contributed by atoms with Crippen molar-refractivity contribution in [2.45, 2.75) is 13.8 Å². The molecule has 0 fully saturated rings. The number of hydrogen-bond acceptors (Lipinski definition) is 5. The predicted octanol–water partition coefficient (Wildman–Crippen LogP) is 2.00. The van der Waals surface area contributed by atoms with E-state index in [0.717, 1.165) is 4.88 Å². The number of methoxy groups -OCH3 is 1. The molecule has 1 aromatic heterocycles. The van der Waals surface area contributed by atoms with Gasteiger partial charge in [-0.25, -0.2) is 4.79 Å². The fourth-order valence-electron chi connectivity index (χ4n) is 1.73. The molecule has 108 valence electrons. The lowest BCUT2D eigenvalue weighted by Crippen LogP contribution is -2.32. The monoisotopic (exact) mass is 295 g/mol. The van der Waals surface area contributed by atoms with Gasteiger partial charge in [-0.05, 0) is 13.0 Å². The second-order valence-electron chi connectivity index (χ2n) is 4.39. The zero-order chi connectivity index (χ0) is 15.3. The number of hydrogen-bond donors (Lipinski definition) is 1. The summed E-state index contributed by atoms with van der Waals surface area (Å²) in [7, 11) is 1.31. The van der Waals surface area contributed by atoms with Gasteiger partial charge >= 0.3 is 11.9 Å². The molecule has 1 heterocycles. The summed E-state index contributed by atoms with van der Waals surface area (Å²) in [6.07, 6.45) is 5.33. The third-order valence-corrected chi connectivity index (χ3v) is 3.84. The van der Waals surface area contributed by atoms with Gasteiger partial charge in [0.25, 0.3) is 0 Å². The van der Waals surface area contributed by atoms with Crippen LogP contribution in [0.4, 0.5) is 5.00 Å². The SMILES string of the molecule is C#CCN(CC(C)C(=O)O)c1sc(C)cc1C(=O)OC. The summed E-state index contributed by atoms with van der Waals surface area (Å²) in [5.41, 5.74) is 0.419. The van der Waals surface area contributed by atoms with E-state index in [1.165, 1.54) is 18.4 Å². The maximum atomic E-state index is 11.8. The van der Waals surface area contributed by atoms with Crippen LogP contribution in [0.15, 0.2) is 6.07 Å². The van der Waals surface area contributed by atoms with Gasteiger partial charge in [0.15, 0.2) is 0 Å². The van der Waals surface area contributed by atoms with Gasteiger partial charge in [-0.3, -0.25) is 4.79 Å². The Labute approximate surface area is 122 Å². The maximum absolute atomic E-state index is 11.8. The van der Waals surface area contributed by atoms with Crippen molar-refractivity contribution in [3.63, 3.8) is 0 Å². The first-order chi connectivity index (χ1) is 9.40. The van der Waals surface area contributed by atoms with E-state index in [1.54, 1.807) is 17.9 Å². The van der Waals surface area contributed by atoms with Gasteiger partial charge in [-0.1, -0.05) is 12.8 Å². The van der Waals surface area contributed by atoms with Crippen molar-refractivity contribution >= 4 is 28.3 Å². The Balaban J connectivity index is 3.12. The summed E-state index contributed by atoms with van der Waals surface area (Å²) in [6.45, 7) is 3.95. The van der Waals surface area contributed by atoms with Crippen molar-refractivity contribution in [2.24, 2.45) is 5.92 Å². The smallest absolute Gasteiger partial charge is 0.340 e. The third-order valence-electron chi connectivity index (χ3n) is 2.73. The van der Waals surface area contributed by atoms with Crippen molar-refractivity contribution in [3.8, 4) is 12.3 Å². The summed E-state index contributed by atoms with van der Waals surface area (Å²) < 4.78 is 4.74. The summed E-state index contributed by atoms with van der Waals surface area (Å²) in [5, 5.41) is 9.66. The van der Waals surface area contributed by atoms with E-state index >= 15 is 0 Å². The molecule has 0 aliphatic heterocycles. The number of terminal acetylenes is 1. The number of carboxylic acids is 1. The first kappa shape index (κ1) is 16.1. The quantitative estimate of drug-likeness (QED) is 0.642. The molecule has 1 atom stereocenters. The number of carbonyl (C=O) groups is 2. The number of carboxylic acid groups (broad SMARTS) is 1. The summed E-state index contributed by atoms with van der Waals surface area (Å²) in [6, 6.07) is 1.72. The topological polar surface area (TPSA) is 66.8 Å². The number of nitrogens with zero attached hydrogens (tertiary/aromatic N) is 1. The number of ether oxygens (including phenoxy) is 1. The van der Waals surface area contributed by atoms with Gasteiger partial charge in [0.1, 0.15) is 5.00 Å². The summed E-state index contributed by atoms with van der Waals surface area (Å²) in [5.74, 6) is 0.552. The first-order valence-corrected chi connectivity index (χ1v) is 6.82. The zero-order valence-electron chi connectivity index (χ0n) is 11.7. The highest BCUT2D eigenvalue weighted by Crippen LogP contribution is 2.32. The molecule has 0 saturated carbocycles. The molecule has 0 bridgehead atoms. The lowest BCUT2D eigenvalue weighted by molar-refractivity contribution is -0.140. The van der Waals surface area contributed by atoms with E-state index in [1.807, 2.05) is 6.92 Å². The molecular weight excluding hydrogens is 278 g/mol. The summed E-state index contributed by atoms with van der Waals surface area (Å²) >= 11 is 1.40. The molecule has 1 rings (SSSR count). The highest BCUT2D eigenvalue weighted by molar-refractivity contribution is 7.16. The van der Waals surface area contributed by atoms with Crippen molar-refractivity contribution < 1.29 is 19.4 Å². The van der Waals surface area contributed by atoms with Crippen molar-refractivity contribution in [1.29, 1.82) is 0 Å². The van der Waals surface area contributed by atoms with Crippen LogP contribution in [0.5, 0.6) is 0 Å². The number of aliphatic carboxylic acids is 1. The first-order valence-electron chi connectivity index (χ1n) is 6.00. The Hall–Kier alpha value is -2.00. The molecule has 0 saturated heterocycles. The van der Waals surface area contributed by atoms with Gasteiger partial charge in [0, 0.05) is 11.4 Å². The van der Waals surface area contributed by atoms with Crippen LogP contribution >= 0.6 is 11.3 Å². The second-order valence-corrected chi connectivity index (χ2v) is 5.63. The molecule has 1 aromatic rings. The maximum Gasteiger partial charge on any atom is 0.340 e.